The van der Waals surface area contributed by atoms with E-state index in [1.54, 1.807) is 23.1 Å². The molecule has 202 valence electrons. The third kappa shape index (κ3) is 6.52. The molecular formula is C27H33N5O5S. The molecule has 38 heavy (non-hydrogen) atoms. The number of nitrogens with two attached hydrogens (primary N) is 1. The molecule has 1 amide bonds. The summed E-state index contributed by atoms with van der Waals surface area (Å²) in [6.07, 6.45) is -0.175. The summed E-state index contributed by atoms with van der Waals surface area (Å²) in [6.45, 7) is 10.2. The van der Waals surface area contributed by atoms with Crippen LogP contribution in [0.2, 0.25) is 0 Å². The molecule has 4 rings (SSSR count). The van der Waals surface area contributed by atoms with Gasteiger partial charge in [0, 0.05) is 30.3 Å². The van der Waals surface area contributed by atoms with E-state index < -0.39 is 21.7 Å². The zero-order valence-electron chi connectivity index (χ0n) is 22.2. The Labute approximate surface area is 223 Å². The van der Waals surface area contributed by atoms with Gasteiger partial charge < -0.3 is 20.1 Å². The van der Waals surface area contributed by atoms with Gasteiger partial charge in [0.05, 0.1) is 17.1 Å². The predicted molar refractivity (Wildman–Crippen MR) is 145 cm³/mol. The summed E-state index contributed by atoms with van der Waals surface area (Å²) in [6, 6.07) is 13.5. The SMILES string of the molecule is Cc1cccc(C)c1-c1cc(OC2CCN(C(=O)OC(C)(C)C)C2)nc(NS(=O)(=O)c2cccc(N)c2)n1. The number of sulfonamides is 1. The van der Waals surface area contributed by atoms with E-state index in [9.17, 15) is 13.2 Å². The molecule has 1 aromatic heterocycles. The van der Waals surface area contributed by atoms with Crippen LogP contribution in [0.3, 0.4) is 0 Å². The minimum absolute atomic E-state index is 0.00941. The van der Waals surface area contributed by atoms with E-state index in [1.165, 1.54) is 12.1 Å². The third-order valence-electron chi connectivity index (χ3n) is 5.92. The number of amides is 1. The van der Waals surface area contributed by atoms with Crippen molar-refractivity contribution in [2.45, 2.75) is 57.6 Å². The molecule has 1 unspecified atom stereocenters. The minimum Gasteiger partial charge on any atom is -0.472 e. The maximum absolute atomic E-state index is 13.1. The van der Waals surface area contributed by atoms with E-state index in [2.05, 4.69) is 14.7 Å². The summed E-state index contributed by atoms with van der Waals surface area (Å²) in [4.78, 5) is 22.9. The van der Waals surface area contributed by atoms with Crippen molar-refractivity contribution >= 4 is 27.8 Å². The summed E-state index contributed by atoms with van der Waals surface area (Å²) < 4.78 is 40.2. The zero-order valence-corrected chi connectivity index (χ0v) is 23.0. The molecule has 11 heteroatoms. The molecule has 1 atom stereocenters. The summed E-state index contributed by atoms with van der Waals surface area (Å²) in [7, 11) is -4.02. The molecule has 1 fully saturated rings. The number of rotatable bonds is 6. The van der Waals surface area contributed by atoms with Crippen LogP contribution in [0.15, 0.2) is 53.4 Å². The Morgan fingerprint density at radius 2 is 1.76 bits per heavy atom. The van der Waals surface area contributed by atoms with E-state index in [0.717, 1.165) is 16.7 Å². The first-order valence-corrected chi connectivity index (χ1v) is 13.8. The molecule has 3 aromatic rings. The maximum atomic E-state index is 13.1. The number of nitrogens with one attached hydrogen (secondary N) is 1. The number of nitrogens with zero attached hydrogens (tertiary/aromatic N) is 3. The second kappa shape index (κ2) is 10.5. The molecule has 1 aliphatic heterocycles. The summed E-state index contributed by atoms with van der Waals surface area (Å²) >= 11 is 0. The summed E-state index contributed by atoms with van der Waals surface area (Å²) in [5, 5.41) is 0. The summed E-state index contributed by atoms with van der Waals surface area (Å²) in [5.41, 5.74) is 8.80. The number of likely N-dealkylation sites (tertiary alicyclic amines) is 1. The molecule has 0 radical (unpaired) electrons. The molecule has 0 spiro atoms. The van der Waals surface area contributed by atoms with Crippen LogP contribution in [0.5, 0.6) is 5.88 Å². The molecule has 2 heterocycles. The van der Waals surface area contributed by atoms with Gasteiger partial charge in [0.25, 0.3) is 10.0 Å². The number of nitrogen functional groups attached to an aromatic ring is 1. The lowest BCUT2D eigenvalue weighted by Gasteiger charge is -2.24. The van der Waals surface area contributed by atoms with Crippen molar-refractivity contribution in [1.82, 2.24) is 14.9 Å². The van der Waals surface area contributed by atoms with Crippen molar-refractivity contribution in [3.63, 3.8) is 0 Å². The third-order valence-corrected chi connectivity index (χ3v) is 7.24. The van der Waals surface area contributed by atoms with Crippen molar-refractivity contribution in [2.75, 3.05) is 23.5 Å². The van der Waals surface area contributed by atoms with E-state index in [1.807, 2.05) is 52.8 Å². The van der Waals surface area contributed by atoms with Crippen LogP contribution >= 0.6 is 0 Å². The number of anilines is 2. The van der Waals surface area contributed by atoms with Gasteiger partial charge in [-0.3, -0.25) is 0 Å². The van der Waals surface area contributed by atoms with Gasteiger partial charge in [0.15, 0.2) is 0 Å². The van der Waals surface area contributed by atoms with Gasteiger partial charge in [0.2, 0.25) is 11.8 Å². The van der Waals surface area contributed by atoms with Crippen molar-refractivity contribution in [2.24, 2.45) is 0 Å². The standard InChI is InChI=1S/C27H33N5O5S/c1-17-8-6-9-18(2)24(17)22-15-23(36-20-12-13-32(16-20)26(33)37-27(3,4)5)30-25(29-22)31-38(34,35)21-11-7-10-19(28)14-21/h6-11,14-15,20H,12-13,16,28H2,1-5H3,(H,29,30,31). The molecule has 1 saturated heterocycles. The van der Waals surface area contributed by atoms with Gasteiger partial charge in [-0.05, 0) is 63.9 Å². The summed E-state index contributed by atoms with van der Waals surface area (Å²) in [5.74, 6) is 0.0588. The van der Waals surface area contributed by atoms with Crippen molar-refractivity contribution in [3.05, 3.63) is 59.7 Å². The molecule has 10 nitrogen and oxygen atoms in total. The maximum Gasteiger partial charge on any atom is 0.410 e. The fraction of sp³-hybridized carbons (Fsp3) is 0.370. The Hall–Kier alpha value is -3.86. The van der Waals surface area contributed by atoms with Crippen LogP contribution in [-0.2, 0) is 14.8 Å². The minimum atomic E-state index is -4.02. The van der Waals surface area contributed by atoms with Crippen LogP contribution in [0.1, 0.15) is 38.3 Å². The van der Waals surface area contributed by atoms with Gasteiger partial charge in [-0.2, -0.15) is 4.98 Å². The van der Waals surface area contributed by atoms with E-state index >= 15 is 0 Å². The van der Waals surface area contributed by atoms with Crippen LogP contribution in [0.4, 0.5) is 16.4 Å². The second-order valence-corrected chi connectivity index (χ2v) is 12.0. The van der Waals surface area contributed by atoms with Gasteiger partial charge in [0.1, 0.15) is 11.7 Å². The number of aryl methyl sites for hydroxylation is 2. The Bertz CT molecular complexity index is 1430. The molecule has 0 saturated carbocycles. The Kier molecular flexibility index (Phi) is 7.50. The molecule has 2 aromatic carbocycles. The van der Waals surface area contributed by atoms with Crippen molar-refractivity contribution in [3.8, 4) is 17.1 Å². The number of aromatic nitrogens is 2. The van der Waals surface area contributed by atoms with Crippen molar-refractivity contribution < 1.29 is 22.7 Å². The Balaban J connectivity index is 1.65. The fourth-order valence-corrected chi connectivity index (χ4v) is 5.22. The number of carbonyl (C=O) groups is 1. The zero-order chi connectivity index (χ0) is 27.7. The van der Waals surface area contributed by atoms with Gasteiger partial charge in [-0.15, -0.1) is 0 Å². The van der Waals surface area contributed by atoms with E-state index in [0.29, 0.717) is 30.9 Å². The number of benzene rings is 2. The average molecular weight is 540 g/mol. The Morgan fingerprint density at radius 3 is 2.42 bits per heavy atom. The highest BCUT2D eigenvalue weighted by atomic mass is 32.2. The molecule has 1 aliphatic rings. The number of carbonyl (C=O) groups excluding carboxylic acids is 1. The van der Waals surface area contributed by atoms with E-state index in [-0.39, 0.29) is 22.8 Å². The molecular weight excluding hydrogens is 506 g/mol. The van der Waals surface area contributed by atoms with Crippen molar-refractivity contribution in [1.29, 1.82) is 0 Å². The normalized spacial score (nSPS) is 15.8. The first-order chi connectivity index (χ1) is 17.8. The van der Waals surface area contributed by atoms with Crippen LogP contribution in [0.25, 0.3) is 11.3 Å². The number of ether oxygens (including phenoxy) is 2. The van der Waals surface area contributed by atoms with Gasteiger partial charge in [-0.1, -0.05) is 24.3 Å². The molecule has 0 aliphatic carbocycles. The van der Waals surface area contributed by atoms with Gasteiger partial charge >= 0.3 is 6.09 Å². The highest BCUT2D eigenvalue weighted by Crippen LogP contribution is 2.30. The average Bonchev–Trinajstić information content (AvgIpc) is 3.26. The van der Waals surface area contributed by atoms with Crippen LogP contribution in [-0.4, -0.2) is 54.2 Å². The highest BCUT2D eigenvalue weighted by molar-refractivity contribution is 7.92. The number of hydrogen-bond donors (Lipinski definition) is 2. The Morgan fingerprint density at radius 1 is 1.08 bits per heavy atom. The van der Waals surface area contributed by atoms with Crippen LogP contribution in [0, 0.1) is 13.8 Å². The lowest BCUT2D eigenvalue weighted by Crippen LogP contribution is -2.36. The fourth-order valence-electron chi connectivity index (χ4n) is 4.23. The smallest absolute Gasteiger partial charge is 0.410 e. The molecule has 3 N–H and O–H groups in total. The number of hydrogen-bond acceptors (Lipinski definition) is 8. The first kappa shape index (κ1) is 27.2. The lowest BCUT2D eigenvalue weighted by atomic mass is 10.00. The highest BCUT2D eigenvalue weighted by Gasteiger charge is 2.31. The lowest BCUT2D eigenvalue weighted by molar-refractivity contribution is 0.0275. The van der Waals surface area contributed by atoms with Crippen LogP contribution < -0.4 is 15.2 Å². The predicted octanol–water partition coefficient (Wildman–Crippen LogP) is 4.53. The topological polar surface area (TPSA) is 137 Å². The first-order valence-electron chi connectivity index (χ1n) is 12.3. The quantitative estimate of drug-likeness (QED) is 0.436. The van der Waals surface area contributed by atoms with Gasteiger partial charge in [-0.25, -0.2) is 22.9 Å². The monoisotopic (exact) mass is 539 g/mol. The van der Waals surface area contributed by atoms with E-state index in [4.69, 9.17) is 15.2 Å². The molecule has 0 bridgehead atoms. The second-order valence-electron chi connectivity index (χ2n) is 10.3. The largest absolute Gasteiger partial charge is 0.472 e.